The number of methoxy groups -OCH3 is 1. The van der Waals surface area contributed by atoms with E-state index in [-0.39, 0.29) is 23.8 Å². The first kappa shape index (κ1) is 25.8. The van der Waals surface area contributed by atoms with Gasteiger partial charge in [-0.3, -0.25) is 4.79 Å². The van der Waals surface area contributed by atoms with E-state index in [4.69, 9.17) is 32.7 Å². The van der Waals surface area contributed by atoms with Crippen LogP contribution in [0, 0.1) is 5.41 Å². The number of ketones is 1. The Hall–Kier alpha value is -3.47. The Kier molecular flexibility index (Phi) is 6.57. The zero-order valence-electron chi connectivity index (χ0n) is 22.1. The predicted octanol–water partition coefficient (Wildman–Crippen LogP) is 9.04. The van der Waals surface area contributed by atoms with E-state index in [9.17, 15) is 4.79 Å². The summed E-state index contributed by atoms with van der Waals surface area (Å²) < 4.78 is 11.8. The number of nitrogens with one attached hydrogen (secondary N) is 1. The third-order valence-corrected chi connectivity index (χ3v) is 8.25. The van der Waals surface area contributed by atoms with Gasteiger partial charge in [-0.25, -0.2) is 0 Å². The Bertz CT molecular complexity index is 1660. The molecule has 0 radical (unpaired) electrons. The zero-order chi connectivity index (χ0) is 27.3. The number of hydrogen-bond donors (Lipinski definition) is 1. The molecule has 1 aliphatic heterocycles. The first-order valence-electron chi connectivity index (χ1n) is 13.0. The Balaban J connectivity index is 1.40. The monoisotopic (exact) mass is 557 g/mol. The van der Waals surface area contributed by atoms with Crippen LogP contribution < -0.4 is 14.8 Å². The van der Waals surface area contributed by atoms with Gasteiger partial charge < -0.3 is 14.8 Å². The van der Waals surface area contributed by atoms with Gasteiger partial charge in [-0.2, -0.15) is 0 Å². The number of rotatable bonds is 5. The van der Waals surface area contributed by atoms with Gasteiger partial charge in [-0.1, -0.05) is 79.5 Å². The molecule has 4 aromatic rings. The minimum absolute atomic E-state index is 0.107. The Morgan fingerprint density at radius 1 is 0.949 bits per heavy atom. The second kappa shape index (κ2) is 9.93. The lowest BCUT2D eigenvalue weighted by Crippen LogP contribution is -2.33. The Morgan fingerprint density at radius 3 is 2.56 bits per heavy atom. The molecule has 0 spiro atoms. The molecule has 2 aliphatic rings. The summed E-state index contributed by atoms with van der Waals surface area (Å²) in [4.78, 5) is 13.7. The van der Waals surface area contributed by atoms with Gasteiger partial charge in [-0.05, 0) is 64.1 Å². The molecule has 0 saturated carbocycles. The molecule has 1 atom stereocenters. The summed E-state index contributed by atoms with van der Waals surface area (Å²) in [5.74, 6) is 1.38. The van der Waals surface area contributed by atoms with Crippen LogP contribution in [-0.4, -0.2) is 12.9 Å². The van der Waals surface area contributed by atoms with Crippen molar-refractivity contribution in [1.82, 2.24) is 0 Å². The van der Waals surface area contributed by atoms with Gasteiger partial charge in [0.25, 0.3) is 0 Å². The van der Waals surface area contributed by atoms with Gasteiger partial charge in [0.1, 0.15) is 6.61 Å². The molecule has 0 bridgehead atoms. The molecule has 6 heteroatoms. The number of halogens is 2. The van der Waals surface area contributed by atoms with Crippen LogP contribution in [-0.2, 0) is 11.4 Å². The molecular formula is C33H29Cl2NO3. The lowest BCUT2D eigenvalue weighted by Gasteiger charge is -2.40. The fourth-order valence-corrected chi connectivity index (χ4v) is 6.33. The first-order chi connectivity index (χ1) is 18.7. The summed E-state index contributed by atoms with van der Waals surface area (Å²) in [6.07, 6.45) is 1.36. The van der Waals surface area contributed by atoms with E-state index in [2.05, 4.69) is 55.6 Å². The maximum atomic E-state index is 13.7. The van der Waals surface area contributed by atoms with Crippen molar-refractivity contribution in [3.05, 3.63) is 105 Å². The predicted molar refractivity (Wildman–Crippen MR) is 159 cm³/mol. The van der Waals surface area contributed by atoms with Gasteiger partial charge >= 0.3 is 0 Å². The Morgan fingerprint density at radius 2 is 1.77 bits per heavy atom. The molecule has 0 saturated heterocycles. The molecule has 4 nitrogen and oxygen atoms in total. The van der Waals surface area contributed by atoms with Gasteiger partial charge in [-0.15, -0.1) is 0 Å². The zero-order valence-corrected chi connectivity index (χ0v) is 23.6. The van der Waals surface area contributed by atoms with Crippen molar-refractivity contribution in [3.63, 3.8) is 0 Å². The lowest BCUT2D eigenvalue weighted by molar-refractivity contribution is -0.118. The highest BCUT2D eigenvalue weighted by molar-refractivity contribution is 6.35. The van der Waals surface area contributed by atoms with E-state index in [1.54, 1.807) is 19.2 Å². The number of carbonyl (C=O) groups excluding carboxylic acids is 1. The summed E-state index contributed by atoms with van der Waals surface area (Å²) >= 11 is 12.4. The van der Waals surface area contributed by atoms with Gasteiger partial charge in [0.05, 0.1) is 13.2 Å². The highest BCUT2D eigenvalue weighted by Gasteiger charge is 2.41. The Labute approximate surface area is 238 Å². The van der Waals surface area contributed by atoms with E-state index in [1.807, 2.05) is 24.3 Å². The molecule has 1 heterocycles. The quantitative estimate of drug-likeness (QED) is 0.266. The number of allylic oxidation sites excluding steroid dienone is 1. The van der Waals surface area contributed by atoms with Crippen LogP contribution in [0.1, 0.15) is 49.4 Å². The number of carbonyl (C=O) groups is 1. The number of ether oxygens (including phenoxy) is 2. The van der Waals surface area contributed by atoms with Crippen molar-refractivity contribution in [2.75, 3.05) is 12.4 Å². The summed E-state index contributed by atoms with van der Waals surface area (Å²) in [6, 6.07) is 23.6. The average molecular weight is 559 g/mol. The van der Waals surface area contributed by atoms with E-state index < -0.39 is 0 Å². The molecule has 4 aromatic carbocycles. The van der Waals surface area contributed by atoms with Crippen LogP contribution in [0.25, 0.3) is 16.3 Å². The van der Waals surface area contributed by atoms with Crippen LogP contribution >= 0.6 is 23.2 Å². The average Bonchev–Trinajstić information content (AvgIpc) is 2.91. The van der Waals surface area contributed by atoms with Crippen LogP contribution in [0.2, 0.25) is 10.0 Å². The van der Waals surface area contributed by atoms with Crippen molar-refractivity contribution in [2.24, 2.45) is 5.41 Å². The summed E-state index contributed by atoms with van der Waals surface area (Å²) in [5.41, 5.74) is 5.85. The minimum Gasteiger partial charge on any atom is -0.493 e. The molecule has 1 N–H and O–H groups in total. The number of anilines is 1. The van der Waals surface area contributed by atoms with Crippen molar-refractivity contribution >= 4 is 51.0 Å². The maximum absolute atomic E-state index is 13.7. The number of hydrogen-bond acceptors (Lipinski definition) is 4. The number of fused-ring (bicyclic) bond motifs is 4. The topological polar surface area (TPSA) is 47.6 Å². The standard InChI is InChI=1S/C33H29Cl2NO3/c1-33(2)16-24-30-23-7-5-4-6-19(23)9-12-26(30)36-32(31(24)27(37)17-33)20-10-13-28(29(14-20)38-3)39-18-21-8-11-22(34)15-25(21)35/h4-15,32,36H,16-18H2,1-3H3/t32-/m0/s1. The van der Waals surface area contributed by atoms with Gasteiger partial charge in [0.2, 0.25) is 0 Å². The van der Waals surface area contributed by atoms with Crippen molar-refractivity contribution in [1.29, 1.82) is 0 Å². The van der Waals surface area contributed by atoms with E-state index in [0.717, 1.165) is 39.9 Å². The highest BCUT2D eigenvalue weighted by Crippen LogP contribution is 2.52. The summed E-state index contributed by atoms with van der Waals surface area (Å²) in [6.45, 7) is 4.63. The van der Waals surface area contributed by atoms with Gasteiger partial charge in [0.15, 0.2) is 17.3 Å². The smallest absolute Gasteiger partial charge is 0.162 e. The van der Waals surface area contributed by atoms with E-state index >= 15 is 0 Å². The summed E-state index contributed by atoms with van der Waals surface area (Å²) in [5, 5.41) is 7.16. The largest absolute Gasteiger partial charge is 0.493 e. The van der Waals surface area contributed by atoms with Crippen LogP contribution in [0.15, 0.2) is 78.4 Å². The molecular weight excluding hydrogens is 529 g/mol. The molecule has 0 amide bonds. The fourth-order valence-electron chi connectivity index (χ4n) is 5.86. The molecule has 0 aromatic heterocycles. The summed E-state index contributed by atoms with van der Waals surface area (Å²) in [7, 11) is 1.62. The molecule has 0 unspecified atom stereocenters. The van der Waals surface area contributed by atoms with Crippen molar-refractivity contribution in [2.45, 2.75) is 39.3 Å². The van der Waals surface area contributed by atoms with Crippen LogP contribution in [0.3, 0.4) is 0 Å². The lowest BCUT2D eigenvalue weighted by atomic mass is 9.68. The highest BCUT2D eigenvalue weighted by atomic mass is 35.5. The normalized spacial score (nSPS) is 17.9. The van der Waals surface area contributed by atoms with Gasteiger partial charge in [0, 0.05) is 38.9 Å². The SMILES string of the molecule is COc1cc([C@@H]2Nc3ccc4ccccc4c3C3=C2C(=O)CC(C)(C)C3)ccc1OCc1ccc(Cl)cc1Cl. The number of benzene rings is 4. The third-order valence-electron chi connectivity index (χ3n) is 7.66. The molecule has 39 heavy (non-hydrogen) atoms. The number of Topliss-reactive ketones (excluding diaryl/α,β-unsaturated/α-hetero) is 1. The van der Waals surface area contributed by atoms with Crippen molar-refractivity contribution < 1.29 is 14.3 Å². The van der Waals surface area contributed by atoms with Crippen molar-refractivity contribution in [3.8, 4) is 11.5 Å². The van der Waals surface area contributed by atoms with Crippen LogP contribution in [0.4, 0.5) is 5.69 Å². The minimum atomic E-state index is -0.286. The van der Waals surface area contributed by atoms with E-state index in [1.165, 1.54) is 10.8 Å². The van der Waals surface area contributed by atoms with Crippen LogP contribution in [0.5, 0.6) is 11.5 Å². The first-order valence-corrected chi connectivity index (χ1v) is 13.8. The molecule has 1 aliphatic carbocycles. The third kappa shape index (κ3) is 4.77. The second-order valence-electron chi connectivity index (χ2n) is 11.1. The fraction of sp³-hybridized carbons (Fsp3) is 0.242. The second-order valence-corrected chi connectivity index (χ2v) is 11.9. The van der Waals surface area contributed by atoms with E-state index in [0.29, 0.717) is 28.0 Å². The molecule has 198 valence electrons. The molecule has 6 rings (SSSR count). The molecule has 0 fully saturated rings. The maximum Gasteiger partial charge on any atom is 0.162 e.